The number of H-pyrrole nitrogens is 2. The van der Waals surface area contributed by atoms with Crippen LogP contribution < -0.4 is 4.74 Å². The van der Waals surface area contributed by atoms with Crippen molar-refractivity contribution in [1.29, 1.82) is 0 Å². The molecule has 3 N–H and O–H groups in total. The van der Waals surface area contributed by atoms with Crippen molar-refractivity contribution in [2.75, 3.05) is 20.3 Å². The van der Waals surface area contributed by atoms with E-state index in [0.29, 0.717) is 30.7 Å². The zero-order valence-electron chi connectivity index (χ0n) is 25.6. The smallest absolute Gasteiger partial charge is 0.217 e. The number of aliphatic hydroxyl groups is 1. The summed E-state index contributed by atoms with van der Waals surface area (Å²) in [7, 11) is 1.59. The molecule has 1 atom stereocenters. The van der Waals surface area contributed by atoms with E-state index >= 15 is 0 Å². The minimum Gasteiger partial charge on any atom is -0.481 e. The highest BCUT2D eigenvalue weighted by Crippen LogP contribution is 2.29. The Labute approximate surface area is 260 Å². The minimum atomic E-state index is -0.734. The molecule has 0 amide bonds. The van der Waals surface area contributed by atoms with Crippen molar-refractivity contribution >= 4 is 27.7 Å². The van der Waals surface area contributed by atoms with Gasteiger partial charge in [-0.05, 0) is 76.4 Å². The molecular weight excluding hydrogens is 612 g/mol. The molecule has 2 aromatic heterocycles. The van der Waals surface area contributed by atoms with Crippen molar-refractivity contribution in [2.24, 2.45) is 9.98 Å². The lowest BCUT2D eigenvalue weighted by Gasteiger charge is -2.15. The van der Waals surface area contributed by atoms with Gasteiger partial charge in [-0.2, -0.15) is 0 Å². The van der Waals surface area contributed by atoms with Crippen molar-refractivity contribution < 1.29 is 19.3 Å². The van der Waals surface area contributed by atoms with Crippen LogP contribution in [0.1, 0.15) is 67.3 Å². The van der Waals surface area contributed by atoms with E-state index in [9.17, 15) is 5.11 Å². The molecule has 1 unspecified atom stereocenters. The zero-order valence-corrected chi connectivity index (χ0v) is 27.2. The predicted octanol–water partition coefficient (Wildman–Crippen LogP) is 6.09. The van der Waals surface area contributed by atoms with Gasteiger partial charge in [0.1, 0.15) is 19.3 Å². The number of hydrogen-bond donors (Lipinski definition) is 3. The highest BCUT2D eigenvalue weighted by molar-refractivity contribution is 9.10. The van der Waals surface area contributed by atoms with E-state index in [-0.39, 0.29) is 11.1 Å². The number of ether oxygens (including phenoxy) is 3. The number of nitrogens with zero attached hydrogens (tertiary/aromatic N) is 4. The summed E-state index contributed by atoms with van der Waals surface area (Å²) in [6.07, 6.45) is 5.63. The van der Waals surface area contributed by atoms with Crippen LogP contribution in [-0.4, -0.2) is 68.2 Å². The molecule has 6 rings (SSSR count). The molecular formula is C32H39BrN6O4. The minimum absolute atomic E-state index is 0.0932. The van der Waals surface area contributed by atoms with Gasteiger partial charge in [0.25, 0.3) is 0 Å². The van der Waals surface area contributed by atoms with Gasteiger partial charge in [0, 0.05) is 15.6 Å². The predicted molar refractivity (Wildman–Crippen MR) is 171 cm³/mol. The van der Waals surface area contributed by atoms with Crippen LogP contribution in [0.25, 0.3) is 0 Å². The summed E-state index contributed by atoms with van der Waals surface area (Å²) >= 11 is 3.51. The first-order valence-electron chi connectivity index (χ1n) is 13.9. The lowest BCUT2D eigenvalue weighted by molar-refractivity contribution is 0.215. The van der Waals surface area contributed by atoms with Gasteiger partial charge >= 0.3 is 0 Å². The summed E-state index contributed by atoms with van der Waals surface area (Å²) in [6.45, 7) is 13.5. The van der Waals surface area contributed by atoms with Crippen LogP contribution >= 0.6 is 15.9 Å². The summed E-state index contributed by atoms with van der Waals surface area (Å²) in [5.41, 5.74) is 5.36. The number of hydrogen-bond acceptors (Lipinski definition) is 8. The molecule has 11 heteroatoms. The summed E-state index contributed by atoms with van der Waals surface area (Å²) < 4.78 is 17.2. The molecule has 43 heavy (non-hydrogen) atoms. The first-order valence-corrected chi connectivity index (χ1v) is 14.7. The molecule has 0 saturated heterocycles. The molecule has 2 aliphatic rings. The molecule has 10 nitrogen and oxygen atoms in total. The largest absolute Gasteiger partial charge is 0.481 e. The van der Waals surface area contributed by atoms with Gasteiger partial charge in [0.2, 0.25) is 17.7 Å². The van der Waals surface area contributed by atoms with E-state index in [1.165, 1.54) is 5.56 Å². The van der Waals surface area contributed by atoms with Gasteiger partial charge in [-0.15, -0.1) is 0 Å². The number of benzene rings is 2. The number of aromatic nitrogens is 4. The average Bonchev–Trinajstić information content (AvgIpc) is 3.79. The van der Waals surface area contributed by atoms with Crippen molar-refractivity contribution in [3.63, 3.8) is 0 Å². The molecule has 4 heterocycles. The Kier molecular flexibility index (Phi) is 10.1. The zero-order chi connectivity index (χ0) is 31.2. The molecule has 4 aromatic rings. The van der Waals surface area contributed by atoms with Gasteiger partial charge in [-0.1, -0.05) is 34.1 Å². The average molecular weight is 652 g/mol. The number of nitrogens with one attached hydrogen (secondary N) is 2. The van der Waals surface area contributed by atoms with Gasteiger partial charge in [-0.25, -0.2) is 20.0 Å². The van der Waals surface area contributed by atoms with E-state index in [0.717, 1.165) is 32.6 Å². The second-order valence-corrected chi connectivity index (χ2v) is 12.4. The van der Waals surface area contributed by atoms with Crippen molar-refractivity contribution in [1.82, 2.24) is 19.9 Å². The maximum Gasteiger partial charge on any atom is 0.217 e. The van der Waals surface area contributed by atoms with Gasteiger partial charge in [0.05, 0.1) is 48.9 Å². The van der Waals surface area contributed by atoms with Gasteiger partial charge in [0.15, 0.2) is 0 Å². The fourth-order valence-corrected chi connectivity index (χ4v) is 4.77. The molecule has 0 bridgehead atoms. The maximum absolute atomic E-state index is 10.5. The maximum atomic E-state index is 10.5. The quantitative estimate of drug-likeness (QED) is 0.240. The van der Waals surface area contributed by atoms with Gasteiger partial charge < -0.3 is 29.3 Å². The van der Waals surface area contributed by atoms with E-state index < -0.39 is 6.10 Å². The molecule has 228 valence electrons. The summed E-state index contributed by atoms with van der Waals surface area (Å²) in [6, 6.07) is 11.9. The number of methoxy groups -OCH3 is 1. The number of aliphatic imine (C=N–C) groups is 2. The highest BCUT2D eigenvalue weighted by atomic mass is 79.9. The van der Waals surface area contributed by atoms with Crippen LogP contribution in [0.4, 0.5) is 0 Å². The number of aliphatic hydroxyl groups excluding tert-OH is 1. The Bertz CT molecular complexity index is 1560. The first kappa shape index (κ1) is 32.0. The topological polar surface area (TPSA) is 130 Å². The Morgan fingerprint density at radius 1 is 0.837 bits per heavy atom. The Balaban J connectivity index is 0.000000167. The van der Waals surface area contributed by atoms with Crippen molar-refractivity contribution in [3.8, 4) is 5.88 Å². The van der Waals surface area contributed by atoms with Crippen LogP contribution in [0.3, 0.4) is 0 Å². The number of imidazole rings is 2. The molecule has 0 aliphatic carbocycles. The van der Waals surface area contributed by atoms with E-state index in [1.807, 2.05) is 57.2 Å². The molecule has 0 spiro atoms. The number of halogens is 1. The third kappa shape index (κ3) is 8.11. The normalized spacial score (nSPS) is 16.8. The van der Waals surface area contributed by atoms with Crippen LogP contribution in [0.5, 0.6) is 5.88 Å². The van der Waals surface area contributed by atoms with Crippen molar-refractivity contribution in [3.05, 3.63) is 99.4 Å². The molecule has 0 fully saturated rings. The van der Waals surface area contributed by atoms with Crippen molar-refractivity contribution in [2.45, 2.75) is 58.7 Å². The Morgan fingerprint density at radius 2 is 1.40 bits per heavy atom. The highest BCUT2D eigenvalue weighted by Gasteiger charge is 2.29. The number of aromatic amines is 2. The van der Waals surface area contributed by atoms with E-state index in [2.05, 4.69) is 66.6 Å². The van der Waals surface area contributed by atoms with E-state index in [1.54, 1.807) is 32.2 Å². The van der Waals surface area contributed by atoms with E-state index in [4.69, 9.17) is 14.2 Å². The number of rotatable bonds is 5. The Hall–Kier alpha value is -3.96. The van der Waals surface area contributed by atoms with Gasteiger partial charge in [-0.3, -0.25) is 0 Å². The third-order valence-electron chi connectivity index (χ3n) is 6.84. The first-order chi connectivity index (χ1) is 20.4. The molecule has 2 aliphatic heterocycles. The second kappa shape index (κ2) is 13.6. The molecule has 0 saturated carbocycles. The Morgan fingerprint density at radius 3 is 1.86 bits per heavy atom. The summed E-state index contributed by atoms with van der Waals surface area (Å²) in [5, 5.41) is 10.5. The lowest BCUT2D eigenvalue weighted by atomic mass is 9.97. The van der Waals surface area contributed by atoms with Crippen LogP contribution in [0.15, 0.2) is 75.9 Å². The lowest BCUT2D eigenvalue weighted by Crippen LogP contribution is -2.17. The molecule has 0 radical (unpaired) electrons. The fraction of sp³-hybridized carbons (Fsp3) is 0.375. The summed E-state index contributed by atoms with van der Waals surface area (Å²) in [5.74, 6) is 2.11. The van der Waals surface area contributed by atoms with Crippen LogP contribution in [0, 0.1) is 13.8 Å². The standard InChI is InChI=1S/C16H19N3O2.C12H14BrNO.C4H6N2O/c1-10-11(14(20)13-7-17-9-18-13)5-4-6-12(10)15-19-16(2,3)8-21-15;1-8-9(5-4-6-10(8)13)11-14-12(2,3)7-15-11;1-7-4-2-5-3-6-4/h4-7,9,14,20H,8H2,1-3H3,(H,17,18);4-6H,7H2,1-3H3;2-3H,1H3,(H,5,6). The molecule has 2 aromatic carbocycles. The summed E-state index contributed by atoms with van der Waals surface area (Å²) in [4.78, 5) is 22.5. The van der Waals surface area contributed by atoms with Crippen LogP contribution in [0.2, 0.25) is 0 Å². The van der Waals surface area contributed by atoms with Crippen LogP contribution in [-0.2, 0) is 9.47 Å². The third-order valence-corrected chi connectivity index (χ3v) is 7.70. The monoisotopic (exact) mass is 650 g/mol. The fourth-order valence-electron chi connectivity index (χ4n) is 4.40. The SMILES string of the molecule is COc1cnc[nH]1.Cc1c(Br)cccc1C1=NC(C)(C)CO1.Cc1c(C2=NC(C)(C)CO2)cccc1C(O)c1cnc[nH]1. The second-order valence-electron chi connectivity index (χ2n) is 11.5.